The Kier molecular flexibility index (Phi) is 5.96. The standard InChI is InChI=1S/C22H20N4O2S2/c1-2-11-26-21(28)17(30-22(26)29)13-16-19(23-14-15-8-4-3-5-9-15)24-18-10-6-7-12-25(18)20(16)27/h3-10,12-13,23H,2,11,14H2,1H3/b17-13+. The summed E-state index contributed by atoms with van der Waals surface area (Å²) in [6, 6.07) is 15.2. The molecule has 152 valence electrons. The quantitative estimate of drug-likeness (QED) is 0.467. The van der Waals surface area contributed by atoms with Crippen molar-refractivity contribution in [2.24, 2.45) is 0 Å². The maximum Gasteiger partial charge on any atom is 0.267 e. The van der Waals surface area contributed by atoms with E-state index in [1.165, 1.54) is 16.2 Å². The lowest BCUT2D eigenvalue weighted by Crippen LogP contribution is -2.28. The fourth-order valence-electron chi connectivity index (χ4n) is 3.20. The van der Waals surface area contributed by atoms with Gasteiger partial charge in [-0.15, -0.1) is 0 Å². The van der Waals surface area contributed by atoms with E-state index in [0.29, 0.717) is 39.3 Å². The summed E-state index contributed by atoms with van der Waals surface area (Å²) in [5, 5.41) is 3.26. The van der Waals surface area contributed by atoms with Gasteiger partial charge in [-0.2, -0.15) is 0 Å². The molecule has 0 spiro atoms. The predicted octanol–water partition coefficient (Wildman–Crippen LogP) is 3.92. The van der Waals surface area contributed by atoms with Crippen molar-refractivity contribution in [2.45, 2.75) is 19.9 Å². The third kappa shape index (κ3) is 4.01. The Morgan fingerprint density at radius 1 is 1.13 bits per heavy atom. The lowest BCUT2D eigenvalue weighted by Gasteiger charge is -2.12. The number of aromatic nitrogens is 2. The van der Waals surface area contributed by atoms with Crippen molar-refractivity contribution >= 4 is 51.7 Å². The number of carbonyl (C=O) groups excluding carboxylic acids is 1. The number of thioether (sulfide) groups is 1. The molecule has 0 radical (unpaired) electrons. The molecule has 4 rings (SSSR count). The number of hydrogen-bond acceptors (Lipinski definition) is 6. The molecule has 1 N–H and O–H groups in total. The first-order valence-electron chi connectivity index (χ1n) is 9.63. The van der Waals surface area contributed by atoms with Crippen LogP contribution in [0.3, 0.4) is 0 Å². The second-order valence-electron chi connectivity index (χ2n) is 6.78. The summed E-state index contributed by atoms with van der Waals surface area (Å²) >= 11 is 6.57. The fourth-order valence-corrected chi connectivity index (χ4v) is 4.49. The molecule has 8 heteroatoms. The molecule has 1 amide bonds. The third-order valence-electron chi connectivity index (χ3n) is 4.67. The van der Waals surface area contributed by atoms with Crippen molar-refractivity contribution in [3.05, 3.63) is 81.1 Å². The van der Waals surface area contributed by atoms with Crippen LogP contribution in [0.5, 0.6) is 0 Å². The number of nitrogens with one attached hydrogen (secondary N) is 1. The van der Waals surface area contributed by atoms with Crippen LogP contribution in [-0.2, 0) is 11.3 Å². The van der Waals surface area contributed by atoms with Gasteiger partial charge < -0.3 is 5.32 Å². The van der Waals surface area contributed by atoms with Crippen molar-refractivity contribution in [3.8, 4) is 0 Å². The molecule has 1 saturated heterocycles. The smallest absolute Gasteiger partial charge is 0.267 e. The average molecular weight is 437 g/mol. The molecule has 0 atom stereocenters. The van der Waals surface area contributed by atoms with Crippen LogP contribution in [0.25, 0.3) is 11.7 Å². The van der Waals surface area contributed by atoms with Crippen LogP contribution < -0.4 is 10.9 Å². The number of carbonyl (C=O) groups is 1. The Labute approximate surface area is 183 Å². The Hall–Kier alpha value is -2.97. The highest BCUT2D eigenvalue weighted by Crippen LogP contribution is 2.33. The lowest BCUT2D eigenvalue weighted by atomic mass is 10.2. The maximum absolute atomic E-state index is 13.2. The summed E-state index contributed by atoms with van der Waals surface area (Å²) in [6.07, 6.45) is 4.09. The zero-order chi connectivity index (χ0) is 21.1. The number of hydrogen-bond donors (Lipinski definition) is 1. The molecule has 3 aromatic rings. The molecule has 0 bridgehead atoms. The van der Waals surface area contributed by atoms with Crippen LogP contribution >= 0.6 is 24.0 Å². The van der Waals surface area contributed by atoms with Crippen molar-refractivity contribution in [3.63, 3.8) is 0 Å². The zero-order valence-electron chi connectivity index (χ0n) is 16.4. The topological polar surface area (TPSA) is 66.7 Å². The van der Waals surface area contributed by atoms with Gasteiger partial charge in [0.05, 0.1) is 10.5 Å². The molecule has 0 saturated carbocycles. The van der Waals surface area contributed by atoms with E-state index in [1.807, 2.05) is 43.3 Å². The minimum atomic E-state index is -0.239. The van der Waals surface area contributed by atoms with Crippen molar-refractivity contribution < 1.29 is 4.79 Å². The van der Waals surface area contributed by atoms with Crippen LogP contribution in [0.4, 0.5) is 5.82 Å². The highest BCUT2D eigenvalue weighted by atomic mass is 32.2. The molecule has 1 aliphatic heterocycles. The Morgan fingerprint density at radius 2 is 1.90 bits per heavy atom. The van der Waals surface area contributed by atoms with E-state index >= 15 is 0 Å². The normalized spacial score (nSPS) is 15.4. The Balaban J connectivity index is 1.77. The molecule has 1 fully saturated rings. The minimum Gasteiger partial charge on any atom is -0.365 e. The van der Waals surface area contributed by atoms with Gasteiger partial charge in [-0.3, -0.25) is 18.9 Å². The van der Waals surface area contributed by atoms with Crippen LogP contribution in [0.2, 0.25) is 0 Å². The number of rotatable bonds is 6. The molecule has 0 aliphatic carbocycles. The first-order valence-corrected chi connectivity index (χ1v) is 10.9. The second-order valence-corrected chi connectivity index (χ2v) is 8.46. The van der Waals surface area contributed by atoms with Crippen LogP contribution in [0, 0.1) is 0 Å². The van der Waals surface area contributed by atoms with Gasteiger partial charge in [0, 0.05) is 19.3 Å². The average Bonchev–Trinajstić information content (AvgIpc) is 3.03. The fraction of sp³-hybridized carbons (Fsp3) is 0.182. The summed E-state index contributed by atoms with van der Waals surface area (Å²) in [7, 11) is 0. The monoisotopic (exact) mass is 436 g/mol. The minimum absolute atomic E-state index is 0.168. The third-order valence-corrected chi connectivity index (χ3v) is 6.05. The number of amides is 1. The van der Waals surface area contributed by atoms with Crippen molar-refractivity contribution in [1.29, 1.82) is 0 Å². The number of fused-ring (bicyclic) bond motifs is 1. The summed E-state index contributed by atoms with van der Waals surface area (Å²) in [4.78, 5) is 32.6. The molecule has 6 nitrogen and oxygen atoms in total. The van der Waals surface area contributed by atoms with Gasteiger partial charge in [0.2, 0.25) is 0 Å². The largest absolute Gasteiger partial charge is 0.365 e. The highest BCUT2D eigenvalue weighted by Gasteiger charge is 2.31. The summed E-state index contributed by atoms with van der Waals surface area (Å²) in [5.74, 6) is 0.272. The van der Waals surface area contributed by atoms with Gasteiger partial charge in [0.15, 0.2) is 0 Å². The zero-order valence-corrected chi connectivity index (χ0v) is 18.0. The molecular weight excluding hydrogens is 416 g/mol. The van der Waals surface area contributed by atoms with E-state index in [-0.39, 0.29) is 11.5 Å². The van der Waals surface area contributed by atoms with E-state index < -0.39 is 0 Å². The van der Waals surface area contributed by atoms with Crippen LogP contribution in [0.1, 0.15) is 24.5 Å². The summed E-state index contributed by atoms with van der Waals surface area (Å²) in [6.45, 7) is 3.07. The van der Waals surface area contributed by atoms with E-state index in [0.717, 1.165) is 12.0 Å². The summed E-state index contributed by atoms with van der Waals surface area (Å²) in [5.41, 5.74) is 1.70. The lowest BCUT2D eigenvalue weighted by molar-refractivity contribution is -0.122. The Bertz CT molecular complexity index is 1200. The molecule has 1 aliphatic rings. The van der Waals surface area contributed by atoms with Gasteiger partial charge in [-0.1, -0.05) is 67.3 Å². The SMILES string of the molecule is CCCN1C(=O)/C(=C\c2c(NCc3ccccc3)nc3ccccn3c2=O)SC1=S. The predicted molar refractivity (Wildman–Crippen MR) is 125 cm³/mol. The van der Waals surface area contributed by atoms with Gasteiger partial charge in [0.25, 0.3) is 11.5 Å². The molecule has 3 heterocycles. The highest BCUT2D eigenvalue weighted by molar-refractivity contribution is 8.26. The van der Waals surface area contributed by atoms with Gasteiger partial charge in [-0.05, 0) is 30.2 Å². The van der Waals surface area contributed by atoms with Crippen molar-refractivity contribution in [1.82, 2.24) is 14.3 Å². The van der Waals surface area contributed by atoms with Crippen LogP contribution in [0.15, 0.2) is 64.4 Å². The molecular formula is C22H20N4O2S2. The maximum atomic E-state index is 13.2. The first kappa shape index (κ1) is 20.3. The molecule has 0 unspecified atom stereocenters. The molecule has 2 aromatic heterocycles. The molecule has 30 heavy (non-hydrogen) atoms. The summed E-state index contributed by atoms with van der Waals surface area (Å²) < 4.78 is 1.99. The van der Waals surface area contributed by atoms with E-state index in [4.69, 9.17) is 12.2 Å². The second kappa shape index (κ2) is 8.81. The van der Waals surface area contributed by atoms with Gasteiger partial charge in [-0.25, -0.2) is 4.98 Å². The van der Waals surface area contributed by atoms with Crippen LogP contribution in [-0.4, -0.2) is 31.1 Å². The van der Waals surface area contributed by atoms with E-state index in [2.05, 4.69) is 10.3 Å². The Morgan fingerprint density at radius 3 is 2.67 bits per heavy atom. The number of anilines is 1. The number of benzene rings is 1. The van der Waals surface area contributed by atoms with Gasteiger partial charge >= 0.3 is 0 Å². The van der Waals surface area contributed by atoms with Gasteiger partial charge in [0.1, 0.15) is 15.8 Å². The number of nitrogens with zero attached hydrogens (tertiary/aromatic N) is 3. The van der Waals surface area contributed by atoms with E-state index in [9.17, 15) is 9.59 Å². The first-order chi connectivity index (χ1) is 14.6. The molecule has 1 aromatic carbocycles. The number of thiocarbonyl (C=S) groups is 1. The van der Waals surface area contributed by atoms with Crippen molar-refractivity contribution in [2.75, 3.05) is 11.9 Å². The number of pyridine rings is 1. The van der Waals surface area contributed by atoms with E-state index in [1.54, 1.807) is 29.3 Å².